The minimum atomic E-state index is -0.946. The summed E-state index contributed by atoms with van der Waals surface area (Å²) in [6, 6.07) is 0. The molecule has 0 amide bonds. The topological polar surface area (TPSA) is 58.6 Å². The molecule has 134 valence electrons. The maximum Gasteiger partial charge on any atom is 0.282 e. The zero-order valence-electron chi connectivity index (χ0n) is 15.1. The summed E-state index contributed by atoms with van der Waals surface area (Å²) in [5.74, 6) is -1.89. The first-order valence-electron chi connectivity index (χ1n) is 7.46. The Morgan fingerprint density at radius 1 is 0.591 bits per heavy atom. The summed E-state index contributed by atoms with van der Waals surface area (Å²) in [6.45, 7) is 1.83. The van der Waals surface area contributed by atoms with Crippen LogP contribution in [0.15, 0.2) is 0 Å². The SMILES string of the molecule is COC(CCCN(C)CCCC(OC)(OC)OC)(OC)OC. The van der Waals surface area contributed by atoms with Crippen molar-refractivity contribution in [3.8, 4) is 0 Å². The van der Waals surface area contributed by atoms with E-state index in [0.29, 0.717) is 12.8 Å². The standard InChI is InChI=1S/C15H33NO6/c1-16(12-8-10-14(17-2,18-3)19-4)13-9-11-15(20-5,21-6)22-7/h8-13H2,1-7H3. The van der Waals surface area contributed by atoms with Gasteiger partial charge in [0.15, 0.2) is 0 Å². The maximum absolute atomic E-state index is 5.28. The smallest absolute Gasteiger partial charge is 0.282 e. The predicted molar refractivity (Wildman–Crippen MR) is 83.5 cm³/mol. The van der Waals surface area contributed by atoms with E-state index in [1.807, 2.05) is 0 Å². The Morgan fingerprint density at radius 2 is 0.864 bits per heavy atom. The van der Waals surface area contributed by atoms with Crippen LogP contribution in [0, 0.1) is 0 Å². The summed E-state index contributed by atoms with van der Waals surface area (Å²) in [4.78, 5) is 2.23. The highest BCUT2D eigenvalue weighted by Crippen LogP contribution is 2.20. The van der Waals surface area contributed by atoms with E-state index in [4.69, 9.17) is 28.4 Å². The van der Waals surface area contributed by atoms with E-state index in [-0.39, 0.29) is 0 Å². The molecule has 0 radical (unpaired) electrons. The van der Waals surface area contributed by atoms with Crippen LogP contribution in [0.5, 0.6) is 0 Å². The molecule has 0 aliphatic carbocycles. The van der Waals surface area contributed by atoms with Crippen molar-refractivity contribution in [2.75, 3.05) is 62.8 Å². The quantitative estimate of drug-likeness (QED) is 0.451. The van der Waals surface area contributed by atoms with Gasteiger partial charge in [-0.15, -0.1) is 0 Å². The van der Waals surface area contributed by atoms with Crippen molar-refractivity contribution in [3.63, 3.8) is 0 Å². The Labute approximate surface area is 134 Å². The van der Waals surface area contributed by atoms with Crippen LogP contribution in [0.2, 0.25) is 0 Å². The van der Waals surface area contributed by atoms with Crippen molar-refractivity contribution in [2.45, 2.75) is 37.6 Å². The number of ether oxygens (including phenoxy) is 6. The van der Waals surface area contributed by atoms with E-state index in [2.05, 4.69) is 11.9 Å². The molecular formula is C15H33NO6. The van der Waals surface area contributed by atoms with Gasteiger partial charge in [-0.3, -0.25) is 0 Å². The Hall–Kier alpha value is -0.280. The molecule has 0 spiro atoms. The average molecular weight is 323 g/mol. The lowest BCUT2D eigenvalue weighted by Gasteiger charge is -2.30. The van der Waals surface area contributed by atoms with Crippen LogP contribution in [0.25, 0.3) is 0 Å². The summed E-state index contributed by atoms with van der Waals surface area (Å²) in [5.41, 5.74) is 0. The summed E-state index contributed by atoms with van der Waals surface area (Å²) < 4.78 is 31.7. The first kappa shape index (κ1) is 21.7. The number of nitrogens with zero attached hydrogens (tertiary/aromatic N) is 1. The molecule has 0 bridgehead atoms. The second-order valence-electron chi connectivity index (χ2n) is 5.10. The minimum absolute atomic E-state index is 0.666. The van der Waals surface area contributed by atoms with Crippen LogP contribution >= 0.6 is 0 Å². The van der Waals surface area contributed by atoms with Gasteiger partial charge in [-0.25, -0.2) is 0 Å². The summed E-state index contributed by atoms with van der Waals surface area (Å²) in [7, 11) is 11.6. The lowest BCUT2D eigenvalue weighted by Crippen LogP contribution is -2.38. The van der Waals surface area contributed by atoms with Gasteiger partial charge < -0.3 is 33.3 Å². The lowest BCUT2D eigenvalue weighted by atomic mass is 10.2. The first-order chi connectivity index (χ1) is 10.5. The van der Waals surface area contributed by atoms with Gasteiger partial charge in [0.2, 0.25) is 0 Å². The maximum atomic E-state index is 5.28. The van der Waals surface area contributed by atoms with Gasteiger partial charge in [0, 0.05) is 55.5 Å². The van der Waals surface area contributed by atoms with Crippen molar-refractivity contribution in [1.29, 1.82) is 0 Å². The van der Waals surface area contributed by atoms with Gasteiger partial charge in [-0.05, 0) is 33.0 Å². The van der Waals surface area contributed by atoms with Gasteiger partial charge in [-0.2, -0.15) is 0 Å². The van der Waals surface area contributed by atoms with Crippen molar-refractivity contribution in [3.05, 3.63) is 0 Å². The zero-order valence-corrected chi connectivity index (χ0v) is 15.1. The summed E-state index contributed by atoms with van der Waals surface area (Å²) in [5, 5.41) is 0. The van der Waals surface area contributed by atoms with Crippen LogP contribution in [0.1, 0.15) is 25.7 Å². The van der Waals surface area contributed by atoms with Crippen molar-refractivity contribution in [2.24, 2.45) is 0 Å². The highest BCUT2D eigenvalue weighted by Gasteiger charge is 2.30. The first-order valence-corrected chi connectivity index (χ1v) is 7.46. The van der Waals surface area contributed by atoms with Gasteiger partial charge >= 0.3 is 0 Å². The molecule has 0 aliphatic heterocycles. The van der Waals surface area contributed by atoms with Crippen LogP contribution in [-0.2, 0) is 28.4 Å². The highest BCUT2D eigenvalue weighted by atomic mass is 16.9. The van der Waals surface area contributed by atoms with Crippen molar-refractivity contribution >= 4 is 0 Å². The van der Waals surface area contributed by atoms with E-state index < -0.39 is 11.9 Å². The normalized spacial score (nSPS) is 13.1. The summed E-state index contributed by atoms with van der Waals surface area (Å²) in [6.07, 6.45) is 3.13. The fraction of sp³-hybridized carbons (Fsp3) is 1.00. The van der Waals surface area contributed by atoms with Gasteiger partial charge in [0.25, 0.3) is 11.9 Å². The molecule has 0 atom stereocenters. The third kappa shape index (κ3) is 6.87. The van der Waals surface area contributed by atoms with Crippen molar-refractivity contribution in [1.82, 2.24) is 4.90 Å². The van der Waals surface area contributed by atoms with E-state index >= 15 is 0 Å². The average Bonchev–Trinajstić information content (AvgIpc) is 2.56. The molecule has 7 heteroatoms. The van der Waals surface area contributed by atoms with E-state index in [9.17, 15) is 0 Å². The van der Waals surface area contributed by atoms with E-state index in [1.54, 1.807) is 42.7 Å². The van der Waals surface area contributed by atoms with E-state index in [1.165, 1.54) is 0 Å². The van der Waals surface area contributed by atoms with Gasteiger partial charge in [0.1, 0.15) is 0 Å². The number of rotatable bonds is 14. The second-order valence-corrected chi connectivity index (χ2v) is 5.10. The Bertz CT molecular complexity index is 226. The second kappa shape index (κ2) is 11.3. The number of hydrogen-bond donors (Lipinski definition) is 0. The molecule has 0 heterocycles. The molecule has 0 aliphatic rings. The lowest BCUT2D eigenvalue weighted by molar-refractivity contribution is -0.355. The predicted octanol–water partition coefficient (Wildman–Crippen LogP) is 1.66. The van der Waals surface area contributed by atoms with Crippen LogP contribution in [0.3, 0.4) is 0 Å². The van der Waals surface area contributed by atoms with Crippen LogP contribution in [-0.4, -0.2) is 79.6 Å². The Morgan fingerprint density at radius 3 is 1.09 bits per heavy atom. The number of hydrogen-bond acceptors (Lipinski definition) is 7. The molecular weight excluding hydrogens is 290 g/mol. The molecule has 0 aromatic rings. The van der Waals surface area contributed by atoms with Gasteiger partial charge in [-0.1, -0.05) is 0 Å². The van der Waals surface area contributed by atoms with E-state index in [0.717, 1.165) is 25.9 Å². The molecule has 0 aromatic heterocycles. The zero-order chi connectivity index (χ0) is 17.1. The fourth-order valence-electron chi connectivity index (χ4n) is 2.36. The molecule has 0 saturated carbocycles. The molecule has 0 rings (SSSR count). The molecule has 0 aromatic carbocycles. The monoisotopic (exact) mass is 323 g/mol. The fourth-order valence-corrected chi connectivity index (χ4v) is 2.36. The molecule has 0 saturated heterocycles. The largest absolute Gasteiger partial charge is 0.331 e. The molecule has 7 nitrogen and oxygen atoms in total. The highest BCUT2D eigenvalue weighted by molar-refractivity contribution is 4.62. The van der Waals surface area contributed by atoms with Crippen LogP contribution in [0.4, 0.5) is 0 Å². The molecule has 0 unspecified atom stereocenters. The number of methoxy groups -OCH3 is 6. The third-order valence-corrected chi connectivity index (χ3v) is 3.91. The van der Waals surface area contributed by atoms with Gasteiger partial charge in [0.05, 0.1) is 0 Å². The molecule has 0 fully saturated rings. The molecule has 22 heavy (non-hydrogen) atoms. The van der Waals surface area contributed by atoms with Crippen LogP contribution < -0.4 is 0 Å². The summed E-state index contributed by atoms with van der Waals surface area (Å²) >= 11 is 0. The third-order valence-electron chi connectivity index (χ3n) is 3.91. The molecule has 0 N–H and O–H groups in total. The Kier molecular flexibility index (Phi) is 11.1. The minimum Gasteiger partial charge on any atom is -0.331 e. The van der Waals surface area contributed by atoms with Crippen molar-refractivity contribution < 1.29 is 28.4 Å². The Balaban J connectivity index is 4.03.